The lowest BCUT2D eigenvalue weighted by molar-refractivity contribution is -0.152. The molecule has 0 aliphatic carbocycles. The van der Waals surface area contributed by atoms with Gasteiger partial charge >= 0.3 is 0 Å². The first-order valence-corrected chi connectivity index (χ1v) is 7.20. The SMILES string of the molecule is CCN1C(O)(CC)c2ccccc2C1(CC)CC. The van der Waals surface area contributed by atoms with E-state index in [-0.39, 0.29) is 5.54 Å². The highest BCUT2D eigenvalue weighted by molar-refractivity contribution is 5.43. The van der Waals surface area contributed by atoms with Crippen LogP contribution in [-0.2, 0) is 11.3 Å². The fraction of sp³-hybridized carbons (Fsp3) is 0.625. The van der Waals surface area contributed by atoms with Crippen LogP contribution in [0.2, 0.25) is 0 Å². The highest BCUT2D eigenvalue weighted by Gasteiger charge is 2.54. The quantitative estimate of drug-likeness (QED) is 0.879. The van der Waals surface area contributed by atoms with E-state index in [1.165, 1.54) is 5.56 Å². The summed E-state index contributed by atoms with van der Waals surface area (Å²) >= 11 is 0. The molecule has 0 spiro atoms. The molecule has 18 heavy (non-hydrogen) atoms. The Hall–Kier alpha value is -0.860. The minimum atomic E-state index is -0.794. The van der Waals surface area contributed by atoms with Crippen molar-refractivity contribution in [2.75, 3.05) is 6.54 Å². The molecule has 0 saturated carbocycles. The lowest BCUT2D eigenvalue weighted by Gasteiger charge is -2.44. The summed E-state index contributed by atoms with van der Waals surface area (Å²) in [7, 11) is 0. The molecule has 0 radical (unpaired) electrons. The van der Waals surface area contributed by atoms with E-state index >= 15 is 0 Å². The van der Waals surface area contributed by atoms with Gasteiger partial charge in [0.15, 0.2) is 0 Å². The van der Waals surface area contributed by atoms with Gasteiger partial charge in [-0.15, -0.1) is 0 Å². The Morgan fingerprint density at radius 1 is 0.944 bits per heavy atom. The molecule has 2 nitrogen and oxygen atoms in total. The van der Waals surface area contributed by atoms with Crippen molar-refractivity contribution in [3.05, 3.63) is 35.4 Å². The Morgan fingerprint density at radius 2 is 1.50 bits per heavy atom. The van der Waals surface area contributed by atoms with Crippen molar-refractivity contribution in [2.24, 2.45) is 0 Å². The Bertz CT molecular complexity index is 425. The van der Waals surface area contributed by atoms with E-state index in [1.807, 2.05) is 6.07 Å². The molecular weight excluding hydrogens is 222 g/mol. The van der Waals surface area contributed by atoms with Crippen LogP contribution >= 0.6 is 0 Å². The largest absolute Gasteiger partial charge is 0.371 e. The third-order valence-electron chi connectivity index (χ3n) is 4.80. The molecule has 1 aliphatic heterocycles. The third-order valence-corrected chi connectivity index (χ3v) is 4.80. The number of fused-ring (bicyclic) bond motifs is 1. The standard InChI is InChI=1S/C16H25NO/c1-5-15(6-2)13-11-9-10-12-14(13)16(18,7-3)17(15)8-4/h9-12,18H,5-8H2,1-4H3. The molecule has 0 fully saturated rings. The first kappa shape index (κ1) is 13.6. The first-order chi connectivity index (χ1) is 8.60. The molecule has 0 amide bonds. The van der Waals surface area contributed by atoms with Gasteiger partial charge in [-0.2, -0.15) is 0 Å². The Balaban J connectivity index is 2.70. The van der Waals surface area contributed by atoms with Crippen molar-refractivity contribution >= 4 is 0 Å². The summed E-state index contributed by atoms with van der Waals surface area (Å²) in [5.41, 5.74) is 1.63. The number of benzene rings is 1. The summed E-state index contributed by atoms with van der Waals surface area (Å²) in [4.78, 5) is 2.30. The number of aliphatic hydroxyl groups is 1. The van der Waals surface area contributed by atoms with Crippen LogP contribution in [0.25, 0.3) is 0 Å². The molecule has 2 rings (SSSR count). The van der Waals surface area contributed by atoms with Crippen molar-refractivity contribution in [2.45, 2.75) is 58.2 Å². The molecular formula is C16H25NO. The smallest absolute Gasteiger partial charge is 0.145 e. The lowest BCUT2D eigenvalue weighted by Crippen LogP contribution is -2.50. The summed E-state index contributed by atoms with van der Waals surface area (Å²) in [6, 6.07) is 8.41. The van der Waals surface area contributed by atoms with Crippen molar-refractivity contribution in [3.8, 4) is 0 Å². The summed E-state index contributed by atoms with van der Waals surface area (Å²) in [5.74, 6) is 0. The van der Waals surface area contributed by atoms with Gasteiger partial charge in [0.05, 0.1) is 0 Å². The second-order valence-electron chi connectivity index (χ2n) is 5.20. The number of hydrogen-bond acceptors (Lipinski definition) is 2. The molecule has 1 aromatic rings. The van der Waals surface area contributed by atoms with E-state index in [9.17, 15) is 5.11 Å². The van der Waals surface area contributed by atoms with Gasteiger partial charge in [-0.25, -0.2) is 0 Å². The second-order valence-corrected chi connectivity index (χ2v) is 5.20. The molecule has 100 valence electrons. The molecule has 1 unspecified atom stereocenters. The fourth-order valence-electron chi connectivity index (χ4n) is 3.84. The van der Waals surface area contributed by atoms with Gasteiger partial charge in [-0.05, 0) is 31.4 Å². The Morgan fingerprint density at radius 3 is 1.94 bits per heavy atom. The molecule has 0 aromatic heterocycles. The summed E-state index contributed by atoms with van der Waals surface area (Å²) in [6.07, 6.45) is 2.81. The maximum Gasteiger partial charge on any atom is 0.145 e. The van der Waals surface area contributed by atoms with Crippen molar-refractivity contribution in [1.29, 1.82) is 0 Å². The molecule has 1 atom stereocenters. The molecule has 1 heterocycles. The van der Waals surface area contributed by atoms with Crippen molar-refractivity contribution in [3.63, 3.8) is 0 Å². The lowest BCUT2D eigenvalue weighted by atomic mass is 9.84. The Labute approximate surface area is 111 Å². The maximum atomic E-state index is 11.1. The average Bonchev–Trinajstić information content (AvgIpc) is 2.65. The van der Waals surface area contributed by atoms with Gasteiger partial charge in [0, 0.05) is 11.1 Å². The van der Waals surface area contributed by atoms with E-state index in [0.29, 0.717) is 0 Å². The zero-order valence-corrected chi connectivity index (χ0v) is 12.0. The van der Waals surface area contributed by atoms with E-state index < -0.39 is 5.72 Å². The Kier molecular flexibility index (Phi) is 3.52. The van der Waals surface area contributed by atoms with Crippen LogP contribution in [0, 0.1) is 0 Å². The molecule has 0 saturated heterocycles. The van der Waals surface area contributed by atoms with Crippen molar-refractivity contribution < 1.29 is 5.11 Å². The molecule has 1 N–H and O–H groups in total. The van der Waals surface area contributed by atoms with E-state index in [4.69, 9.17) is 0 Å². The van der Waals surface area contributed by atoms with Crippen LogP contribution in [0.5, 0.6) is 0 Å². The number of rotatable bonds is 4. The average molecular weight is 247 g/mol. The van der Waals surface area contributed by atoms with Gasteiger partial charge in [-0.1, -0.05) is 52.0 Å². The third kappa shape index (κ3) is 1.49. The molecule has 1 aromatic carbocycles. The number of nitrogens with zero attached hydrogens (tertiary/aromatic N) is 1. The van der Waals surface area contributed by atoms with Crippen LogP contribution in [0.1, 0.15) is 58.1 Å². The highest BCUT2D eigenvalue weighted by atomic mass is 16.3. The zero-order valence-electron chi connectivity index (χ0n) is 12.0. The van der Waals surface area contributed by atoms with Crippen LogP contribution in [0.15, 0.2) is 24.3 Å². The molecule has 2 heteroatoms. The predicted octanol–water partition coefficient (Wildman–Crippen LogP) is 3.59. The number of hydrogen-bond donors (Lipinski definition) is 1. The topological polar surface area (TPSA) is 23.5 Å². The van der Waals surface area contributed by atoms with Gasteiger partial charge < -0.3 is 5.11 Å². The monoisotopic (exact) mass is 247 g/mol. The predicted molar refractivity (Wildman–Crippen MR) is 75.3 cm³/mol. The normalized spacial score (nSPS) is 26.3. The van der Waals surface area contributed by atoms with Gasteiger partial charge in [0.25, 0.3) is 0 Å². The summed E-state index contributed by atoms with van der Waals surface area (Å²) in [6.45, 7) is 9.54. The van der Waals surface area contributed by atoms with Crippen LogP contribution in [0.3, 0.4) is 0 Å². The van der Waals surface area contributed by atoms with Crippen LogP contribution in [-0.4, -0.2) is 16.6 Å². The molecule has 1 aliphatic rings. The fourth-order valence-corrected chi connectivity index (χ4v) is 3.84. The maximum absolute atomic E-state index is 11.1. The van der Waals surface area contributed by atoms with Gasteiger partial charge in [0.1, 0.15) is 5.72 Å². The summed E-state index contributed by atoms with van der Waals surface area (Å²) < 4.78 is 0. The second kappa shape index (κ2) is 4.67. The van der Waals surface area contributed by atoms with E-state index in [2.05, 4.69) is 50.8 Å². The van der Waals surface area contributed by atoms with Crippen LogP contribution < -0.4 is 0 Å². The van der Waals surface area contributed by atoms with E-state index in [0.717, 1.165) is 31.4 Å². The van der Waals surface area contributed by atoms with Crippen molar-refractivity contribution in [1.82, 2.24) is 4.90 Å². The van der Waals surface area contributed by atoms with Gasteiger partial charge in [0.2, 0.25) is 0 Å². The first-order valence-electron chi connectivity index (χ1n) is 7.20. The minimum absolute atomic E-state index is 0.00387. The van der Waals surface area contributed by atoms with Gasteiger partial charge in [-0.3, -0.25) is 4.90 Å². The summed E-state index contributed by atoms with van der Waals surface area (Å²) in [5, 5.41) is 11.1. The minimum Gasteiger partial charge on any atom is -0.371 e. The van der Waals surface area contributed by atoms with Crippen LogP contribution in [0.4, 0.5) is 0 Å². The zero-order chi connectivity index (χ0) is 13.4. The molecule has 0 bridgehead atoms. The highest BCUT2D eigenvalue weighted by Crippen LogP contribution is 2.52. The van der Waals surface area contributed by atoms with E-state index in [1.54, 1.807) is 0 Å².